The Morgan fingerprint density at radius 3 is 2.45 bits per heavy atom. The number of likely N-dealkylation sites (tertiary alicyclic amines) is 1. The van der Waals surface area contributed by atoms with Gasteiger partial charge < -0.3 is 14.7 Å². The molecule has 0 bridgehead atoms. The topological polar surface area (TPSA) is 147 Å². The van der Waals surface area contributed by atoms with Crippen molar-refractivity contribution >= 4 is 33.2 Å². The molecule has 6 rings (SSSR count). The summed E-state index contributed by atoms with van der Waals surface area (Å²) in [7, 11) is -3.91. The highest BCUT2D eigenvalue weighted by molar-refractivity contribution is 7.92. The summed E-state index contributed by atoms with van der Waals surface area (Å²) in [5.74, 6) is 0.198. The molecule has 216 valence electrons. The van der Waals surface area contributed by atoms with E-state index in [0.29, 0.717) is 34.9 Å². The van der Waals surface area contributed by atoms with E-state index in [2.05, 4.69) is 25.2 Å². The second-order valence-electron chi connectivity index (χ2n) is 11.0. The van der Waals surface area contributed by atoms with Gasteiger partial charge in [-0.05, 0) is 87.2 Å². The van der Waals surface area contributed by atoms with Gasteiger partial charge in [-0.2, -0.15) is 4.98 Å². The van der Waals surface area contributed by atoms with E-state index in [4.69, 9.17) is 4.52 Å². The average molecular weight is 587 g/mol. The fourth-order valence-electron chi connectivity index (χ4n) is 4.85. The van der Waals surface area contributed by atoms with E-state index < -0.39 is 10.0 Å². The molecule has 42 heavy (non-hydrogen) atoms. The first kappa shape index (κ1) is 27.6. The van der Waals surface area contributed by atoms with Gasteiger partial charge in [-0.15, -0.1) is 0 Å². The molecule has 1 saturated carbocycles. The molecule has 2 aliphatic rings. The SMILES string of the molecule is CC1CCCN1C(=O)c1cccc(-c2nc(-c3ccc(S(=O)(=O)Nc4cccc(NC(=O)C5(C)CC5)c4)cc3)no2)n1. The molecule has 2 N–H and O–H groups in total. The van der Waals surface area contributed by atoms with Gasteiger partial charge in [0.2, 0.25) is 11.7 Å². The lowest BCUT2D eigenvalue weighted by atomic mass is 10.1. The third kappa shape index (κ3) is 5.62. The fourth-order valence-corrected chi connectivity index (χ4v) is 5.90. The third-order valence-corrected chi connectivity index (χ3v) is 9.17. The van der Waals surface area contributed by atoms with Crippen LogP contribution in [0.5, 0.6) is 0 Å². The average Bonchev–Trinajstić information content (AvgIpc) is 3.34. The molecule has 1 saturated heterocycles. The van der Waals surface area contributed by atoms with E-state index in [0.717, 1.165) is 25.7 Å². The van der Waals surface area contributed by atoms with Crippen molar-refractivity contribution in [2.24, 2.45) is 5.41 Å². The van der Waals surface area contributed by atoms with Crippen molar-refractivity contribution in [1.82, 2.24) is 20.0 Å². The van der Waals surface area contributed by atoms with E-state index in [1.807, 2.05) is 18.7 Å². The number of aromatic nitrogens is 3. The Labute approximate surface area is 243 Å². The van der Waals surface area contributed by atoms with Crippen molar-refractivity contribution in [3.8, 4) is 23.0 Å². The van der Waals surface area contributed by atoms with Crippen molar-refractivity contribution in [3.63, 3.8) is 0 Å². The molecule has 2 fully saturated rings. The molecule has 2 aromatic heterocycles. The Bertz CT molecular complexity index is 1760. The quantitative estimate of drug-likeness (QED) is 0.294. The fraction of sp³-hybridized carbons (Fsp3) is 0.300. The van der Waals surface area contributed by atoms with Crippen molar-refractivity contribution in [2.45, 2.75) is 50.5 Å². The maximum Gasteiger partial charge on any atom is 0.276 e. The van der Waals surface area contributed by atoms with Gasteiger partial charge in [0.25, 0.3) is 21.8 Å². The lowest BCUT2D eigenvalue weighted by Gasteiger charge is -2.20. The van der Waals surface area contributed by atoms with Gasteiger partial charge in [-0.25, -0.2) is 13.4 Å². The zero-order valence-corrected chi connectivity index (χ0v) is 24.0. The summed E-state index contributed by atoms with van der Waals surface area (Å²) in [6, 6.07) is 17.9. The third-order valence-electron chi connectivity index (χ3n) is 7.77. The summed E-state index contributed by atoms with van der Waals surface area (Å²) in [5.41, 5.74) is 1.73. The molecule has 2 amide bonds. The summed E-state index contributed by atoms with van der Waals surface area (Å²) in [4.78, 5) is 36.0. The monoisotopic (exact) mass is 586 g/mol. The molecule has 2 aromatic carbocycles. The second kappa shape index (κ2) is 10.7. The summed E-state index contributed by atoms with van der Waals surface area (Å²) < 4.78 is 34.1. The van der Waals surface area contributed by atoms with E-state index in [1.54, 1.807) is 54.6 Å². The van der Waals surface area contributed by atoms with Gasteiger partial charge in [0.15, 0.2) is 0 Å². The van der Waals surface area contributed by atoms with Crippen molar-refractivity contribution in [1.29, 1.82) is 0 Å². The molecule has 0 spiro atoms. The van der Waals surface area contributed by atoms with Crippen molar-refractivity contribution in [3.05, 3.63) is 72.4 Å². The number of amides is 2. The molecular formula is C30H30N6O5S. The number of sulfonamides is 1. The predicted molar refractivity (Wildman–Crippen MR) is 156 cm³/mol. The van der Waals surface area contributed by atoms with Crippen LogP contribution in [0.2, 0.25) is 0 Å². The molecule has 3 heterocycles. The highest BCUT2D eigenvalue weighted by atomic mass is 32.2. The number of carbonyl (C=O) groups excluding carboxylic acids is 2. The number of benzene rings is 2. The van der Waals surface area contributed by atoms with Gasteiger partial charge in [0.05, 0.1) is 10.6 Å². The zero-order valence-electron chi connectivity index (χ0n) is 23.2. The number of nitrogens with zero attached hydrogens (tertiary/aromatic N) is 4. The van der Waals surface area contributed by atoms with Crippen molar-refractivity contribution < 1.29 is 22.5 Å². The van der Waals surface area contributed by atoms with Crippen LogP contribution in [0.1, 0.15) is 50.0 Å². The molecule has 1 atom stereocenters. The largest absolute Gasteiger partial charge is 0.335 e. The first-order valence-electron chi connectivity index (χ1n) is 13.8. The molecule has 1 aliphatic carbocycles. The standard InChI is InChI=1S/C30H30N6O5S/c1-19-6-5-17-36(19)28(37)25-10-4-9-24(32-25)27-33-26(34-41-27)20-11-13-23(14-12-20)42(39,40)35-22-8-3-7-21(18-22)31-29(38)30(2)15-16-30/h3-4,7-14,18-19,35H,5-6,15-17H2,1-2H3,(H,31,38). The lowest BCUT2D eigenvalue weighted by Crippen LogP contribution is -2.34. The van der Waals surface area contributed by atoms with Crippen LogP contribution in [0.25, 0.3) is 23.0 Å². The molecule has 1 unspecified atom stereocenters. The van der Waals surface area contributed by atoms with Crippen LogP contribution in [-0.4, -0.2) is 52.8 Å². The molecule has 11 nitrogen and oxygen atoms in total. The number of pyridine rings is 1. The molecule has 1 aliphatic heterocycles. The van der Waals surface area contributed by atoms with Gasteiger partial charge in [-0.1, -0.05) is 24.2 Å². The van der Waals surface area contributed by atoms with Crippen LogP contribution < -0.4 is 10.0 Å². The Morgan fingerprint density at radius 2 is 1.74 bits per heavy atom. The van der Waals surface area contributed by atoms with E-state index in [-0.39, 0.29) is 39.9 Å². The Kier molecular flexibility index (Phi) is 7.01. The maximum absolute atomic E-state index is 13.1. The van der Waals surface area contributed by atoms with Crippen LogP contribution in [0, 0.1) is 5.41 Å². The van der Waals surface area contributed by atoms with Crippen LogP contribution in [0.4, 0.5) is 11.4 Å². The molecular weight excluding hydrogens is 556 g/mol. The zero-order chi connectivity index (χ0) is 29.5. The van der Waals surface area contributed by atoms with Crippen molar-refractivity contribution in [2.75, 3.05) is 16.6 Å². The first-order chi connectivity index (χ1) is 20.1. The predicted octanol–water partition coefficient (Wildman–Crippen LogP) is 4.96. The number of rotatable bonds is 8. The minimum atomic E-state index is -3.91. The number of nitrogens with one attached hydrogen (secondary N) is 2. The molecule has 4 aromatic rings. The van der Waals surface area contributed by atoms with Crippen LogP contribution >= 0.6 is 0 Å². The normalized spacial score (nSPS) is 17.6. The van der Waals surface area contributed by atoms with E-state index in [1.165, 1.54) is 12.1 Å². The number of hydrogen-bond donors (Lipinski definition) is 2. The van der Waals surface area contributed by atoms with Gasteiger partial charge in [0.1, 0.15) is 11.4 Å². The number of hydrogen-bond acceptors (Lipinski definition) is 8. The summed E-state index contributed by atoms with van der Waals surface area (Å²) in [6.07, 6.45) is 3.63. The lowest BCUT2D eigenvalue weighted by molar-refractivity contribution is -0.120. The van der Waals surface area contributed by atoms with E-state index >= 15 is 0 Å². The minimum Gasteiger partial charge on any atom is -0.335 e. The molecule has 12 heteroatoms. The maximum atomic E-state index is 13.1. The highest BCUT2D eigenvalue weighted by Gasteiger charge is 2.44. The van der Waals surface area contributed by atoms with Crippen LogP contribution in [0.3, 0.4) is 0 Å². The Hall–Kier alpha value is -4.58. The number of anilines is 2. The highest BCUT2D eigenvalue weighted by Crippen LogP contribution is 2.45. The Morgan fingerprint density at radius 1 is 1.00 bits per heavy atom. The minimum absolute atomic E-state index is 0.0407. The van der Waals surface area contributed by atoms with Crippen LogP contribution in [-0.2, 0) is 14.8 Å². The number of carbonyl (C=O) groups is 2. The summed E-state index contributed by atoms with van der Waals surface area (Å²) in [5, 5.41) is 6.87. The van der Waals surface area contributed by atoms with Gasteiger partial charge in [-0.3, -0.25) is 14.3 Å². The molecule has 0 radical (unpaired) electrons. The van der Waals surface area contributed by atoms with Crippen LogP contribution in [0.15, 0.2) is 76.1 Å². The summed E-state index contributed by atoms with van der Waals surface area (Å²) >= 11 is 0. The van der Waals surface area contributed by atoms with E-state index in [9.17, 15) is 18.0 Å². The first-order valence-corrected chi connectivity index (χ1v) is 15.3. The smallest absolute Gasteiger partial charge is 0.276 e. The Balaban J connectivity index is 1.15. The second-order valence-corrected chi connectivity index (χ2v) is 12.7. The van der Waals surface area contributed by atoms with Gasteiger partial charge >= 0.3 is 0 Å². The van der Waals surface area contributed by atoms with Gasteiger partial charge in [0, 0.05) is 29.3 Å². The summed E-state index contributed by atoms with van der Waals surface area (Å²) in [6.45, 7) is 4.64.